The molecule has 0 N–H and O–H groups in total. The Labute approximate surface area is 377 Å². The van der Waals surface area contributed by atoms with Gasteiger partial charge in [0.15, 0.2) is 6.10 Å². The van der Waals surface area contributed by atoms with E-state index in [-0.39, 0.29) is 31.1 Å². The third-order valence-corrected chi connectivity index (χ3v) is 11.0. The SMILES string of the molecule is CCCC/C=C\CCCCCCCC(=O)OC[C@@H](COC(=O)CCCCCCC/C=C\C/C=C\CCCCC)OC(=O)CCCCCCCCC/C=C\C/C=C\CCCCC. The van der Waals surface area contributed by atoms with Gasteiger partial charge in [-0.2, -0.15) is 0 Å². The lowest BCUT2D eigenvalue weighted by molar-refractivity contribution is -0.167. The minimum absolute atomic E-state index is 0.0865. The van der Waals surface area contributed by atoms with Gasteiger partial charge in [0.1, 0.15) is 13.2 Å². The Bertz CT molecular complexity index is 1120. The van der Waals surface area contributed by atoms with Crippen LogP contribution in [0.2, 0.25) is 0 Å². The standard InChI is InChI=1S/C55H96O6/c1-4-7-10-13-16-19-22-24-26-27-29-31-34-37-40-43-46-49-55(58)61-52(50-59-53(56)47-44-41-38-35-32-21-18-15-12-9-6-3)51-60-54(57)48-45-42-39-36-33-30-28-25-23-20-17-14-11-8-5-2/h15-20,24-26,28,52H,4-14,21-23,27,29-51H2,1-3H3/b18-15-,19-16-,20-17-,26-24-,28-25-/t52-/m0/s1. The fraction of sp³-hybridized carbons (Fsp3) is 0.764. The highest BCUT2D eigenvalue weighted by Gasteiger charge is 2.19. The van der Waals surface area contributed by atoms with Gasteiger partial charge in [-0.25, -0.2) is 0 Å². The lowest BCUT2D eigenvalue weighted by Crippen LogP contribution is -2.30. The van der Waals surface area contributed by atoms with E-state index in [1.54, 1.807) is 0 Å². The van der Waals surface area contributed by atoms with Gasteiger partial charge >= 0.3 is 17.9 Å². The third kappa shape index (κ3) is 48.0. The summed E-state index contributed by atoms with van der Waals surface area (Å²) >= 11 is 0. The highest BCUT2D eigenvalue weighted by atomic mass is 16.6. The minimum atomic E-state index is -0.786. The highest BCUT2D eigenvalue weighted by molar-refractivity contribution is 5.71. The first-order valence-electron chi connectivity index (χ1n) is 25.8. The molecular weight excluding hydrogens is 757 g/mol. The zero-order valence-electron chi connectivity index (χ0n) is 40.2. The first-order valence-corrected chi connectivity index (χ1v) is 25.8. The Morgan fingerprint density at radius 3 is 0.967 bits per heavy atom. The molecule has 1 atom stereocenters. The maximum atomic E-state index is 12.8. The molecule has 0 aliphatic rings. The van der Waals surface area contributed by atoms with Crippen LogP contribution < -0.4 is 0 Å². The molecule has 0 aromatic carbocycles. The first-order chi connectivity index (χ1) is 30.0. The molecule has 0 fully saturated rings. The van der Waals surface area contributed by atoms with Crippen LogP contribution in [0.15, 0.2) is 60.8 Å². The fourth-order valence-electron chi connectivity index (χ4n) is 7.01. The lowest BCUT2D eigenvalue weighted by atomic mass is 10.1. The second-order valence-corrected chi connectivity index (χ2v) is 17.1. The van der Waals surface area contributed by atoms with E-state index in [9.17, 15) is 14.4 Å². The third-order valence-electron chi connectivity index (χ3n) is 11.0. The molecule has 0 unspecified atom stereocenters. The molecule has 61 heavy (non-hydrogen) atoms. The van der Waals surface area contributed by atoms with E-state index in [0.29, 0.717) is 19.3 Å². The Kier molecular flexibility index (Phi) is 47.4. The van der Waals surface area contributed by atoms with E-state index in [0.717, 1.165) is 96.3 Å². The molecule has 0 saturated heterocycles. The molecule has 352 valence electrons. The zero-order valence-corrected chi connectivity index (χ0v) is 40.2. The van der Waals surface area contributed by atoms with Crippen molar-refractivity contribution in [2.24, 2.45) is 0 Å². The second kappa shape index (κ2) is 49.8. The van der Waals surface area contributed by atoms with Gasteiger partial charge in [-0.05, 0) is 103 Å². The summed E-state index contributed by atoms with van der Waals surface area (Å²) in [6.45, 7) is 6.52. The maximum Gasteiger partial charge on any atom is 0.306 e. The number of esters is 3. The van der Waals surface area contributed by atoms with E-state index >= 15 is 0 Å². The van der Waals surface area contributed by atoms with Crippen LogP contribution in [0.5, 0.6) is 0 Å². The number of hydrogen-bond donors (Lipinski definition) is 0. The molecule has 0 amide bonds. The number of allylic oxidation sites excluding steroid dienone is 10. The van der Waals surface area contributed by atoms with E-state index < -0.39 is 6.10 Å². The van der Waals surface area contributed by atoms with Crippen LogP contribution in [-0.4, -0.2) is 37.2 Å². The van der Waals surface area contributed by atoms with Crippen molar-refractivity contribution >= 4 is 17.9 Å². The summed E-state index contributed by atoms with van der Waals surface area (Å²) in [7, 11) is 0. The predicted octanol–water partition coefficient (Wildman–Crippen LogP) is 16.9. The Morgan fingerprint density at radius 1 is 0.328 bits per heavy atom. The van der Waals surface area contributed by atoms with Gasteiger partial charge < -0.3 is 14.2 Å². The maximum absolute atomic E-state index is 12.8. The molecule has 0 aromatic heterocycles. The van der Waals surface area contributed by atoms with E-state index in [1.807, 2.05) is 0 Å². The van der Waals surface area contributed by atoms with Crippen LogP contribution in [0.4, 0.5) is 0 Å². The minimum Gasteiger partial charge on any atom is -0.462 e. The normalized spacial score (nSPS) is 12.5. The van der Waals surface area contributed by atoms with Crippen molar-refractivity contribution in [2.75, 3.05) is 13.2 Å². The van der Waals surface area contributed by atoms with Crippen molar-refractivity contribution in [1.29, 1.82) is 0 Å². The molecule has 0 heterocycles. The van der Waals surface area contributed by atoms with Crippen molar-refractivity contribution in [3.8, 4) is 0 Å². The molecule has 0 aliphatic carbocycles. The quantitative estimate of drug-likeness (QED) is 0.0263. The Hall–Kier alpha value is -2.89. The van der Waals surface area contributed by atoms with Gasteiger partial charge in [0, 0.05) is 19.3 Å². The number of carbonyl (C=O) groups is 3. The molecule has 0 aliphatic heterocycles. The van der Waals surface area contributed by atoms with Gasteiger partial charge in [-0.3, -0.25) is 14.4 Å². The number of carbonyl (C=O) groups excluding carboxylic acids is 3. The van der Waals surface area contributed by atoms with Crippen LogP contribution in [0.25, 0.3) is 0 Å². The van der Waals surface area contributed by atoms with Crippen molar-refractivity contribution in [3.63, 3.8) is 0 Å². The summed E-state index contributed by atoms with van der Waals surface area (Å²) in [5, 5.41) is 0. The van der Waals surface area contributed by atoms with Crippen molar-refractivity contribution < 1.29 is 28.6 Å². The summed E-state index contributed by atoms with van der Waals surface area (Å²) in [5.41, 5.74) is 0. The largest absolute Gasteiger partial charge is 0.462 e. The highest BCUT2D eigenvalue weighted by Crippen LogP contribution is 2.14. The number of rotatable bonds is 46. The van der Waals surface area contributed by atoms with Gasteiger partial charge in [0.05, 0.1) is 0 Å². The summed E-state index contributed by atoms with van der Waals surface area (Å²) in [6.07, 6.45) is 60.5. The number of hydrogen-bond acceptors (Lipinski definition) is 6. The number of ether oxygens (including phenoxy) is 3. The smallest absolute Gasteiger partial charge is 0.306 e. The molecule has 0 bridgehead atoms. The van der Waals surface area contributed by atoms with E-state index in [1.165, 1.54) is 116 Å². The van der Waals surface area contributed by atoms with Crippen molar-refractivity contribution in [3.05, 3.63) is 60.8 Å². The average Bonchev–Trinajstić information content (AvgIpc) is 3.26. The fourth-order valence-corrected chi connectivity index (χ4v) is 7.01. The monoisotopic (exact) mass is 853 g/mol. The molecule has 0 aromatic rings. The molecule has 0 radical (unpaired) electrons. The van der Waals surface area contributed by atoms with E-state index in [4.69, 9.17) is 14.2 Å². The van der Waals surface area contributed by atoms with Crippen LogP contribution in [0.1, 0.15) is 252 Å². The van der Waals surface area contributed by atoms with Crippen molar-refractivity contribution in [1.82, 2.24) is 0 Å². The Balaban J connectivity index is 4.40. The summed E-state index contributed by atoms with van der Waals surface area (Å²) in [4.78, 5) is 37.9. The van der Waals surface area contributed by atoms with Gasteiger partial charge in [0.25, 0.3) is 0 Å². The molecule has 6 nitrogen and oxygen atoms in total. The average molecular weight is 853 g/mol. The van der Waals surface area contributed by atoms with Gasteiger partial charge in [-0.1, -0.05) is 191 Å². The molecule has 0 rings (SSSR count). The second-order valence-electron chi connectivity index (χ2n) is 17.1. The van der Waals surface area contributed by atoms with Crippen LogP contribution in [0.3, 0.4) is 0 Å². The molecular formula is C55H96O6. The van der Waals surface area contributed by atoms with Crippen LogP contribution >= 0.6 is 0 Å². The van der Waals surface area contributed by atoms with Gasteiger partial charge in [0.2, 0.25) is 0 Å². The van der Waals surface area contributed by atoms with E-state index in [2.05, 4.69) is 81.5 Å². The summed E-state index contributed by atoms with van der Waals surface area (Å²) in [5.74, 6) is -0.915. The molecule has 0 spiro atoms. The molecule has 0 saturated carbocycles. The van der Waals surface area contributed by atoms with Crippen LogP contribution in [-0.2, 0) is 28.6 Å². The predicted molar refractivity (Wildman–Crippen MR) is 261 cm³/mol. The topological polar surface area (TPSA) is 78.9 Å². The van der Waals surface area contributed by atoms with Crippen molar-refractivity contribution in [2.45, 2.75) is 258 Å². The first kappa shape index (κ1) is 58.1. The lowest BCUT2D eigenvalue weighted by Gasteiger charge is -2.18. The summed E-state index contributed by atoms with van der Waals surface area (Å²) < 4.78 is 16.8. The zero-order chi connectivity index (χ0) is 44.4. The summed E-state index contributed by atoms with van der Waals surface area (Å²) in [6, 6.07) is 0. The molecule has 6 heteroatoms. The Morgan fingerprint density at radius 2 is 0.607 bits per heavy atom. The van der Waals surface area contributed by atoms with Gasteiger partial charge in [-0.15, -0.1) is 0 Å². The number of unbranched alkanes of at least 4 members (excludes halogenated alkanes) is 25. The van der Waals surface area contributed by atoms with Crippen LogP contribution in [0, 0.1) is 0 Å².